The third-order valence-corrected chi connectivity index (χ3v) is 1.71. The standard InChI is InChI=1S/C8H8ClNO/c1-5-4-6(8(9)11)2-3-7(5)10/h2-4H,10H2,1H3. The van der Waals surface area contributed by atoms with Crippen LogP contribution < -0.4 is 5.73 Å². The zero-order valence-corrected chi connectivity index (χ0v) is 6.85. The third-order valence-electron chi connectivity index (χ3n) is 1.50. The fourth-order valence-electron chi connectivity index (χ4n) is 0.798. The molecule has 2 nitrogen and oxygen atoms in total. The van der Waals surface area contributed by atoms with E-state index in [2.05, 4.69) is 0 Å². The summed E-state index contributed by atoms with van der Waals surface area (Å²) in [6.45, 7) is 1.83. The van der Waals surface area contributed by atoms with Gasteiger partial charge in [0.05, 0.1) is 0 Å². The summed E-state index contributed by atoms with van der Waals surface area (Å²) in [6.07, 6.45) is 0. The van der Waals surface area contributed by atoms with E-state index in [1.807, 2.05) is 6.92 Å². The molecule has 0 aliphatic carbocycles. The number of hydrogen-bond donors (Lipinski definition) is 1. The Balaban J connectivity index is 3.15. The molecule has 1 aromatic rings. The highest BCUT2D eigenvalue weighted by Crippen LogP contribution is 2.13. The maximum atomic E-state index is 10.6. The van der Waals surface area contributed by atoms with Gasteiger partial charge >= 0.3 is 0 Å². The van der Waals surface area contributed by atoms with Crippen molar-refractivity contribution in [3.05, 3.63) is 29.3 Å². The van der Waals surface area contributed by atoms with Gasteiger partial charge in [-0.25, -0.2) is 0 Å². The van der Waals surface area contributed by atoms with Crippen LogP contribution in [0.1, 0.15) is 15.9 Å². The second kappa shape index (κ2) is 2.93. The molecular weight excluding hydrogens is 162 g/mol. The molecule has 0 radical (unpaired) electrons. The highest BCUT2D eigenvalue weighted by atomic mass is 35.5. The van der Waals surface area contributed by atoms with E-state index in [1.165, 1.54) is 0 Å². The number of carbonyl (C=O) groups is 1. The van der Waals surface area contributed by atoms with Crippen molar-refractivity contribution >= 4 is 22.5 Å². The van der Waals surface area contributed by atoms with Crippen molar-refractivity contribution in [3.8, 4) is 0 Å². The van der Waals surface area contributed by atoms with Crippen molar-refractivity contribution in [1.82, 2.24) is 0 Å². The number of benzene rings is 1. The molecule has 0 saturated carbocycles. The van der Waals surface area contributed by atoms with Crippen molar-refractivity contribution < 1.29 is 4.79 Å². The first-order valence-corrected chi connectivity index (χ1v) is 3.55. The van der Waals surface area contributed by atoms with Gasteiger partial charge in [0.2, 0.25) is 0 Å². The second-order valence-corrected chi connectivity index (χ2v) is 2.69. The number of hydrogen-bond acceptors (Lipinski definition) is 2. The molecule has 0 aliphatic heterocycles. The number of nitrogens with two attached hydrogens (primary N) is 1. The molecule has 11 heavy (non-hydrogen) atoms. The molecule has 0 amide bonds. The fourth-order valence-corrected chi connectivity index (χ4v) is 0.916. The van der Waals surface area contributed by atoms with Crippen molar-refractivity contribution in [1.29, 1.82) is 0 Å². The molecule has 0 fully saturated rings. The van der Waals surface area contributed by atoms with Crippen LogP contribution in [-0.2, 0) is 0 Å². The van der Waals surface area contributed by atoms with E-state index in [9.17, 15) is 4.79 Å². The number of aryl methyl sites for hydroxylation is 1. The van der Waals surface area contributed by atoms with Gasteiger partial charge in [0.15, 0.2) is 0 Å². The van der Waals surface area contributed by atoms with Gasteiger partial charge in [-0.1, -0.05) is 0 Å². The second-order valence-electron chi connectivity index (χ2n) is 2.35. The van der Waals surface area contributed by atoms with Crippen LogP contribution in [0.25, 0.3) is 0 Å². The maximum Gasteiger partial charge on any atom is 0.252 e. The Morgan fingerprint density at radius 2 is 2.18 bits per heavy atom. The molecule has 0 atom stereocenters. The Kier molecular flexibility index (Phi) is 2.15. The first-order valence-electron chi connectivity index (χ1n) is 3.17. The molecule has 2 N–H and O–H groups in total. The summed E-state index contributed by atoms with van der Waals surface area (Å²) in [5, 5.41) is -0.451. The minimum Gasteiger partial charge on any atom is -0.399 e. The largest absolute Gasteiger partial charge is 0.399 e. The molecule has 1 rings (SSSR count). The first kappa shape index (κ1) is 8.08. The number of halogens is 1. The van der Waals surface area contributed by atoms with Crippen LogP contribution in [-0.4, -0.2) is 5.24 Å². The topological polar surface area (TPSA) is 43.1 Å². The molecule has 0 unspecified atom stereocenters. The van der Waals surface area contributed by atoms with E-state index in [0.717, 1.165) is 5.56 Å². The van der Waals surface area contributed by atoms with Gasteiger partial charge in [-0.2, -0.15) is 0 Å². The lowest BCUT2D eigenvalue weighted by Crippen LogP contribution is -1.93. The summed E-state index contributed by atoms with van der Waals surface area (Å²) >= 11 is 5.25. The number of carbonyl (C=O) groups excluding carboxylic acids is 1. The van der Waals surface area contributed by atoms with E-state index < -0.39 is 5.24 Å². The van der Waals surface area contributed by atoms with Gasteiger partial charge in [0.1, 0.15) is 0 Å². The third kappa shape index (κ3) is 1.71. The van der Waals surface area contributed by atoms with Gasteiger partial charge in [0, 0.05) is 11.3 Å². The van der Waals surface area contributed by atoms with E-state index in [0.29, 0.717) is 11.3 Å². The van der Waals surface area contributed by atoms with Gasteiger partial charge in [-0.05, 0) is 42.3 Å². The predicted molar refractivity (Wildman–Crippen MR) is 45.8 cm³/mol. The van der Waals surface area contributed by atoms with Crippen LogP contribution in [0.3, 0.4) is 0 Å². The zero-order chi connectivity index (χ0) is 8.43. The smallest absolute Gasteiger partial charge is 0.252 e. The maximum absolute atomic E-state index is 10.6. The van der Waals surface area contributed by atoms with Crippen LogP contribution >= 0.6 is 11.6 Å². The summed E-state index contributed by atoms with van der Waals surface area (Å²) in [6, 6.07) is 4.95. The fraction of sp³-hybridized carbons (Fsp3) is 0.125. The van der Waals surface area contributed by atoms with Crippen molar-refractivity contribution in [2.75, 3.05) is 5.73 Å². The Morgan fingerprint density at radius 3 is 2.64 bits per heavy atom. The molecule has 58 valence electrons. The molecule has 1 aromatic carbocycles. The monoisotopic (exact) mass is 169 g/mol. The number of anilines is 1. The highest BCUT2D eigenvalue weighted by Gasteiger charge is 2.01. The summed E-state index contributed by atoms with van der Waals surface area (Å²) < 4.78 is 0. The molecular formula is C8H8ClNO. The normalized spacial score (nSPS) is 9.64. The number of rotatable bonds is 1. The number of nitrogen functional groups attached to an aromatic ring is 1. The minimum absolute atomic E-state index is 0.451. The average molecular weight is 170 g/mol. The van der Waals surface area contributed by atoms with Crippen LogP contribution in [0.2, 0.25) is 0 Å². The van der Waals surface area contributed by atoms with Gasteiger partial charge in [0.25, 0.3) is 5.24 Å². The summed E-state index contributed by atoms with van der Waals surface area (Å²) in [5.74, 6) is 0. The quantitative estimate of drug-likeness (QED) is 0.516. The Morgan fingerprint density at radius 1 is 1.55 bits per heavy atom. The molecule has 0 bridgehead atoms. The van der Waals surface area contributed by atoms with Crippen LogP contribution in [0.15, 0.2) is 18.2 Å². The minimum atomic E-state index is -0.451. The lowest BCUT2D eigenvalue weighted by Gasteiger charge is -1.99. The summed E-state index contributed by atoms with van der Waals surface area (Å²) in [4.78, 5) is 10.6. The predicted octanol–water partition coefficient (Wildman–Crippen LogP) is 1.96. The SMILES string of the molecule is Cc1cc(C(=O)Cl)ccc1N. The van der Waals surface area contributed by atoms with Crippen molar-refractivity contribution in [3.63, 3.8) is 0 Å². The van der Waals surface area contributed by atoms with Crippen LogP contribution in [0, 0.1) is 6.92 Å². The molecule has 3 heteroatoms. The van der Waals surface area contributed by atoms with Crippen LogP contribution in [0.5, 0.6) is 0 Å². The van der Waals surface area contributed by atoms with Crippen molar-refractivity contribution in [2.45, 2.75) is 6.92 Å². The molecule has 0 heterocycles. The lowest BCUT2D eigenvalue weighted by atomic mass is 10.1. The Labute approximate surface area is 70.0 Å². The highest BCUT2D eigenvalue weighted by molar-refractivity contribution is 6.67. The van der Waals surface area contributed by atoms with Crippen molar-refractivity contribution in [2.24, 2.45) is 0 Å². The molecule has 0 aromatic heterocycles. The molecule has 0 saturated heterocycles. The zero-order valence-electron chi connectivity index (χ0n) is 6.10. The Bertz CT molecular complexity index is 296. The lowest BCUT2D eigenvalue weighted by molar-refractivity contribution is 0.108. The Hall–Kier alpha value is -1.02. The van der Waals surface area contributed by atoms with E-state index in [1.54, 1.807) is 18.2 Å². The van der Waals surface area contributed by atoms with Gasteiger partial charge < -0.3 is 5.73 Å². The molecule has 0 aliphatic rings. The summed E-state index contributed by atoms with van der Waals surface area (Å²) in [5.41, 5.74) is 7.56. The van der Waals surface area contributed by atoms with Gasteiger partial charge in [-0.3, -0.25) is 4.79 Å². The van der Waals surface area contributed by atoms with Crippen LogP contribution in [0.4, 0.5) is 5.69 Å². The van der Waals surface area contributed by atoms with E-state index >= 15 is 0 Å². The van der Waals surface area contributed by atoms with E-state index in [4.69, 9.17) is 17.3 Å². The van der Waals surface area contributed by atoms with E-state index in [-0.39, 0.29) is 0 Å². The summed E-state index contributed by atoms with van der Waals surface area (Å²) in [7, 11) is 0. The first-order chi connectivity index (χ1) is 5.11. The van der Waals surface area contributed by atoms with Gasteiger partial charge in [-0.15, -0.1) is 0 Å². The average Bonchev–Trinajstić information content (AvgIpc) is 1.94. The molecule has 0 spiro atoms.